The Morgan fingerprint density at radius 1 is 1.29 bits per heavy atom. The Kier molecular flexibility index (Phi) is 6.50. The molecule has 17 heavy (non-hydrogen) atoms. The quantitative estimate of drug-likeness (QED) is 0.773. The summed E-state index contributed by atoms with van der Waals surface area (Å²) in [5.41, 5.74) is 5.95. The molecule has 1 aliphatic rings. The molecule has 0 aromatic heterocycles. The van der Waals surface area contributed by atoms with Crippen LogP contribution in [0.3, 0.4) is 0 Å². The van der Waals surface area contributed by atoms with Crippen molar-refractivity contribution in [1.82, 2.24) is 4.90 Å². The van der Waals surface area contributed by atoms with Crippen molar-refractivity contribution in [3.05, 3.63) is 0 Å². The molecule has 0 radical (unpaired) electrons. The van der Waals surface area contributed by atoms with E-state index in [-0.39, 0.29) is 0 Å². The first-order valence-corrected chi connectivity index (χ1v) is 7.52. The molecular formula is C15H32N2. The Labute approximate surface area is 108 Å². The first-order valence-electron chi connectivity index (χ1n) is 7.52. The van der Waals surface area contributed by atoms with Crippen LogP contribution >= 0.6 is 0 Å². The van der Waals surface area contributed by atoms with E-state index in [9.17, 15) is 0 Å². The summed E-state index contributed by atoms with van der Waals surface area (Å²) in [5, 5.41) is 0. The monoisotopic (exact) mass is 240 g/mol. The van der Waals surface area contributed by atoms with E-state index < -0.39 is 0 Å². The summed E-state index contributed by atoms with van der Waals surface area (Å²) in [6, 6.07) is 0.729. The third-order valence-corrected chi connectivity index (χ3v) is 4.81. The van der Waals surface area contributed by atoms with Gasteiger partial charge in [0, 0.05) is 12.6 Å². The maximum absolute atomic E-state index is 5.95. The van der Waals surface area contributed by atoms with Crippen LogP contribution in [0, 0.1) is 17.8 Å². The van der Waals surface area contributed by atoms with Crippen LogP contribution in [0.2, 0.25) is 0 Å². The summed E-state index contributed by atoms with van der Waals surface area (Å²) < 4.78 is 0. The van der Waals surface area contributed by atoms with Crippen molar-refractivity contribution in [2.24, 2.45) is 23.5 Å². The van der Waals surface area contributed by atoms with E-state index in [1.54, 1.807) is 0 Å². The maximum atomic E-state index is 5.95. The maximum Gasteiger partial charge on any atom is 0.0135 e. The Morgan fingerprint density at radius 3 is 2.53 bits per heavy atom. The largest absolute Gasteiger partial charge is 0.330 e. The van der Waals surface area contributed by atoms with Crippen LogP contribution in [0.25, 0.3) is 0 Å². The second kappa shape index (κ2) is 7.38. The zero-order chi connectivity index (χ0) is 12.8. The molecular weight excluding hydrogens is 208 g/mol. The van der Waals surface area contributed by atoms with E-state index in [0.717, 1.165) is 30.3 Å². The lowest BCUT2D eigenvalue weighted by molar-refractivity contribution is 0.0903. The minimum atomic E-state index is 0.729. The highest BCUT2D eigenvalue weighted by Gasteiger charge is 2.31. The molecule has 0 aromatic rings. The molecule has 2 N–H and O–H groups in total. The third-order valence-electron chi connectivity index (χ3n) is 4.81. The molecule has 0 amide bonds. The van der Waals surface area contributed by atoms with Gasteiger partial charge < -0.3 is 10.6 Å². The second-order valence-corrected chi connectivity index (χ2v) is 6.10. The van der Waals surface area contributed by atoms with Gasteiger partial charge in [-0.2, -0.15) is 0 Å². The van der Waals surface area contributed by atoms with Crippen molar-refractivity contribution in [2.75, 3.05) is 20.1 Å². The van der Waals surface area contributed by atoms with E-state index in [1.165, 1.54) is 38.6 Å². The number of nitrogens with zero attached hydrogens (tertiary/aromatic N) is 1. The van der Waals surface area contributed by atoms with Gasteiger partial charge in [-0.15, -0.1) is 0 Å². The summed E-state index contributed by atoms with van der Waals surface area (Å²) in [6.07, 6.45) is 6.72. The first-order chi connectivity index (χ1) is 8.12. The van der Waals surface area contributed by atoms with Crippen molar-refractivity contribution in [3.63, 3.8) is 0 Å². The Morgan fingerprint density at radius 2 is 2.00 bits per heavy atom. The number of nitrogens with two attached hydrogens (primary N) is 1. The van der Waals surface area contributed by atoms with Gasteiger partial charge in [0.25, 0.3) is 0 Å². The molecule has 1 saturated carbocycles. The molecule has 0 saturated heterocycles. The fraction of sp³-hybridized carbons (Fsp3) is 1.00. The average Bonchev–Trinajstić information content (AvgIpc) is 2.37. The predicted octanol–water partition coefficient (Wildman–Crippen LogP) is 3.12. The van der Waals surface area contributed by atoms with Crippen molar-refractivity contribution in [2.45, 2.75) is 58.9 Å². The minimum Gasteiger partial charge on any atom is -0.330 e. The zero-order valence-electron chi connectivity index (χ0n) is 12.3. The molecule has 1 fully saturated rings. The summed E-state index contributed by atoms with van der Waals surface area (Å²) in [5.74, 6) is 2.47. The van der Waals surface area contributed by atoms with E-state index in [4.69, 9.17) is 5.73 Å². The van der Waals surface area contributed by atoms with Gasteiger partial charge in [0.1, 0.15) is 0 Å². The van der Waals surface area contributed by atoms with E-state index in [0.29, 0.717) is 0 Å². The van der Waals surface area contributed by atoms with Crippen LogP contribution in [0.4, 0.5) is 0 Å². The van der Waals surface area contributed by atoms with Gasteiger partial charge in [0.15, 0.2) is 0 Å². The van der Waals surface area contributed by atoms with Gasteiger partial charge in [-0.05, 0) is 44.2 Å². The SMILES string of the molecule is CCC(C)CN(C)C1CC(CC)CCC1CN. The number of hydrogen-bond acceptors (Lipinski definition) is 2. The van der Waals surface area contributed by atoms with E-state index >= 15 is 0 Å². The third kappa shape index (κ3) is 4.26. The topological polar surface area (TPSA) is 29.3 Å². The zero-order valence-corrected chi connectivity index (χ0v) is 12.3. The van der Waals surface area contributed by atoms with Crippen LogP contribution in [0.1, 0.15) is 52.9 Å². The van der Waals surface area contributed by atoms with Gasteiger partial charge in [-0.25, -0.2) is 0 Å². The standard InChI is InChI=1S/C15H32N2/c1-5-12(3)11-17(4)15-9-13(6-2)7-8-14(15)10-16/h12-15H,5-11,16H2,1-4H3. The second-order valence-electron chi connectivity index (χ2n) is 6.10. The smallest absolute Gasteiger partial charge is 0.0135 e. The molecule has 0 aliphatic heterocycles. The van der Waals surface area contributed by atoms with Crippen LogP contribution in [-0.2, 0) is 0 Å². The molecule has 4 unspecified atom stereocenters. The molecule has 0 spiro atoms. The molecule has 102 valence electrons. The van der Waals surface area contributed by atoms with Crippen LogP contribution in [-0.4, -0.2) is 31.1 Å². The number of hydrogen-bond donors (Lipinski definition) is 1. The van der Waals surface area contributed by atoms with E-state index in [1.807, 2.05) is 0 Å². The summed E-state index contributed by atoms with van der Waals surface area (Å²) in [7, 11) is 2.30. The van der Waals surface area contributed by atoms with Crippen LogP contribution < -0.4 is 5.73 Å². The van der Waals surface area contributed by atoms with Crippen molar-refractivity contribution >= 4 is 0 Å². The fourth-order valence-electron chi connectivity index (χ4n) is 3.24. The molecule has 1 aliphatic carbocycles. The van der Waals surface area contributed by atoms with Gasteiger partial charge >= 0.3 is 0 Å². The highest BCUT2D eigenvalue weighted by atomic mass is 15.1. The lowest BCUT2D eigenvalue weighted by Gasteiger charge is -2.41. The van der Waals surface area contributed by atoms with Crippen LogP contribution in [0.5, 0.6) is 0 Å². The highest BCUT2D eigenvalue weighted by Crippen LogP contribution is 2.33. The Bertz CT molecular complexity index is 205. The summed E-state index contributed by atoms with van der Waals surface area (Å²) in [6.45, 7) is 9.07. The van der Waals surface area contributed by atoms with Crippen LogP contribution in [0.15, 0.2) is 0 Å². The average molecular weight is 240 g/mol. The molecule has 0 aromatic carbocycles. The van der Waals surface area contributed by atoms with Gasteiger partial charge in [0.05, 0.1) is 0 Å². The molecule has 1 rings (SSSR count). The lowest BCUT2D eigenvalue weighted by Crippen LogP contribution is -2.46. The van der Waals surface area contributed by atoms with E-state index in [2.05, 4.69) is 32.7 Å². The van der Waals surface area contributed by atoms with Crippen molar-refractivity contribution in [3.8, 4) is 0 Å². The Hall–Kier alpha value is -0.0800. The van der Waals surface area contributed by atoms with Gasteiger partial charge in [-0.3, -0.25) is 0 Å². The lowest BCUT2D eigenvalue weighted by atomic mass is 9.76. The molecule has 0 bridgehead atoms. The normalized spacial score (nSPS) is 31.8. The Balaban J connectivity index is 2.55. The van der Waals surface area contributed by atoms with Crippen molar-refractivity contribution < 1.29 is 0 Å². The highest BCUT2D eigenvalue weighted by molar-refractivity contribution is 4.86. The van der Waals surface area contributed by atoms with Crippen molar-refractivity contribution in [1.29, 1.82) is 0 Å². The van der Waals surface area contributed by atoms with Gasteiger partial charge in [-0.1, -0.05) is 40.0 Å². The molecule has 2 heteroatoms. The first kappa shape index (κ1) is 15.0. The molecule has 4 atom stereocenters. The van der Waals surface area contributed by atoms with Gasteiger partial charge in [0.2, 0.25) is 0 Å². The molecule has 2 nitrogen and oxygen atoms in total. The minimum absolute atomic E-state index is 0.729. The number of rotatable bonds is 6. The fourth-order valence-corrected chi connectivity index (χ4v) is 3.24. The predicted molar refractivity (Wildman–Crippen MR) is 76.0 cm³/mol. The summed E-state index contributed by atoms with van der Waals surface area (Å²) >= 11 is 0. The molecule has 0 heterocycles. The summed E-state index contributed by atoms with van der Waals surface area (Å²) in [4.78, 5) is 2.59.